The van der Waals surface area contributed by atoms with E-state index in [0.29, 0.717) is 19.2 Å². The number of β-amino-alcohol motifs (C(OH)–C–C–N with tert-alkyl or cyclic N) is 1. The molecule has 11 heavy (non-hydrogen) atoms. The molecule has 0 aromatic heterocycles. The lowest BCUT2D eigenvalue weighted by molar-refractivity contribution is -0.227. The van der Waals surface area contributed by atoms with Crippen LogP contribution >= 0.6 is 0 Å². The van der Waals surface area contributed by atoms with Crippen molar-refractivity contribution in [2.45, 2.75) is 24.4 Å². The number of hydrogen-bond acceptors (Lipinski definition) is 4. The van der Waals surface area contributed by atoms with Crippen molar-refractivity contribution >= 4 is 0 Å². The van der Waals surface area contributed by atoms with Crippen LogP contribution in [0.25, 0.3) is 0 Å². The summed E-state index contributed by atoms with van der Waals surface area (Å²) >= 11 is 0. The van der Waals surface area contributed by atoms with Gasteiger partial charge in [0.2, 0.25) is 0 Å². The Morgan fingerprint density at radius 3 is 2.73 bits per heavy atom. The molecule has 0 radical (unpaired) electrons. The number of ether oxygens (including phenoxy) is 1. The predicted molar refractivity (Wildman–Crippen MR) is 38.2 cm³/mol. The van der Waals surface area contributed by atoms with Gasteiger partial charge >= 0.3 is 0 Å². The fraction of sp³-hybridized carbons (Fsp3) is 1.00. The second kappa shape index (κ2) is 2.42. The molecule has 0 saturated carbocycles. The first-order valence-electron chi connectivity index (χ1n) is 3.88. The zero-order chi connectivity index (χ0) is 8.01. The van der Waals surface area contributed by atoms with Crippen LogP contribution in [-0.4, -0.2) is 59.7 Å². The van der Waals surface area contributed by atoms with Crippen molar-refractivity contribution in [2.75, 3.05) is 20.2 Å². The minimum absolute atomic E-state index is 0.163. The third-order valence-electron chi connectivity index (χ3n) is 2.61. The average Bonchev–Trinajstić information content (AvgIpc) is 1.81. The first-order valence-corrected chi connectivity index (χ1v) is 3.88. The lowest BCUT2D eigenvalue weighted by Crippen LogP contribution is -2.68. The Morgan fingerprint density at radius 1 is 1.45 bits per heavy atom. The molecule has 2 fully saturated rings. The second-order valence-corrected chi connectivity index (χ2v) is 3.36. The standard InChI is InChI=1S/C7H13NO3/c1-8-2-5(9)6(10)7-4(8)3-11-7/h4-7,9-10H,2-3H2,1H3/t4-,5-,6?,7?/m1/s1. The van der Waals surface area contributed by atoms with E-state index >= 15 is 0 Å². The van der Waals surface area contributed by atoms with Crippen LogP contribution in [0.3, 0.4) is 0 Å². The van der Waals surface area contributed by atoms with Gasteiger partial charge in [-0.1, -0.05) is 0 Å². The predicted octanol–water partition coefficient (Wildman–Crippen LogP) is -1.58. The fourth-order valence-electron chi connectivity index (χ4n) is 1.76. The molecule has 0 aromatic rings. The number of likely N-dealkylation sites (N-methyl/N-ethyl adjacent to an activating group) is 1. The number of fused-ring (bicyclic) bond motifs is 1. The van der Waals surface area contributed by atoms with Gasteiger partial charge in [-0.15, -0.1) is 0 Å². The van der Waals surface area contributed by atoms with Gasteiger partial charge in [0.25, 0.3) is 0 Å². The van der Waals surface area contributed by atoms with Gasteiger partial charge in [-0.25, -0.2) is 0 Å². The molecule has 2 unspecified atom stereocenters. The summed E-state index contributed by atoms with van der Waals surface area (Å²) in [5, 5.41) is 18.7. The van der Waals surface area contributed by atoms with Crippen LogP contribution in [-0.2, 0) is 4.74 Å². The maximum Gasteiger partial charge on any atom is 0.109 e. The van der Waals surface area contributed by atoms with Crippen molar-refractivity contribution in [3.05, 3.63) is 0 Å². The van der Waals surface area contributed by atoms with E-state index in [9.17, 15) is 10.2 Å². The van der Waals surface area contributed by atoms with Gasteiger partial charge < -0.3 is 14.9 Å². The SMILES string of the molecule is CN1C[C@@H](O)C(O)C2OC[C@H]21. The summed E-state index contributed by atoms with van der Waals surface area (Å²) in [5.41, 5.74) is 0. The van der Waals surface area contributed by atoms with E-state index in [1.807, 2.05) is 11.9 Å². The highest BCUT2D eigenvalue weighted by atomic mass is 16.5. The summed E-state index contributed by atoms with van der Waals surface area (Å²) in [6, 6.07) is 0.313. The van der Waals surface area contributed by atoms with E-state index in [1.165, 1.54) is 0 Å². The second-order valence-electron chi connectivity index (χ2n) is 3.36. The van der Waals surface area contributed by atoms with Gasteiger partial charge in [0.05, 0.1) is 18.8 Å². The molecule has 2 N–H and O–H groups in total. The maximum atomic E-state index is 9.38. The van der Waals surface area contributed by atoms with Gasteiger partial charge in [-0.05, 0) is 7.05 Å². The van der Waals surface area contributed by atoms with Gasteiger partial charge in [0, 0.05) is 6.54 Å². The third-order valence-corrected chi connectivity index (χ3v) is 2.61. The molecule has 2 heterocycles. The third kappa shape index (κ3) is 0.980. The summed E-state index contributed by atoms with van der Waals surface area (Å²) in [7, 11) is 1.94. The largest absolute Gasteiger partial charge is 0.389 e. The molecule has 0 amide bonds. The molecule has 64 valence electrons. The van der Waals surface area contributed by atoms with Gasteiger partial charge in [0.15, 0.2) is 0 Å². The van der Waals surface area contributed by atoms with Gasteiger partial charge in [-0.3, -0.25) is 4.90 Å². The lowest BCUT2D eigenvalue weighted by atomic mass is 9.91. The molecule has 2 saturated heterocycles. The van der Waals surface area contributed by atoms with Crippen LogP contribution in [0.4, 0.5) is 0 Å². The number of likely N-dealkylation sites (tertiary alicyclic amines) is 1. The normalized spacial score (nSPS) is 51.5. The number of aliphatic hydroxyl groups is 2. The average molecular weight is 159 g/mol. The molecule has 2 rings (SSSR count). The van der Waals surface area contributed by atoms with E-state index in [2.05, 4.69) is 0 Å². The number of rotatable bonds is 0. The van der Waals surface area contributed by atoms with Crippen LogP contribution < -0.4 is 0 Å². The zero-order valence-electron chi connectivity index (χ0n) is 6.47. The van der Waals surface area contributed by atoms with E-state index < -0.39 is 12.2 Å². The Labute approximate surface area is 65.4 Å². The number of aliphatic hydroxyl groups excluding tert-OH is 2. The quantitative estimate of drug-likeness (QED) is 0.448. The highest BCUT2D eigenvalue weighted by Crippen LogP contribution is 2.27. The Kier molecular flexibility index (Phi) is 1.64. The van der Waals surface area contributed by atoms with Crippen LogP contribution in [0, 0.1) is 0 Å². The lowest BCUT2D eigenvalue weighted by Gasteiger charge is -2.50. The molecule has 0 aliphatic carbocycles. The highest BCUT2D eigenvalue weighted by molar-refractivity contribution is 4.99. The summed E-state index contributed by atoms with van der Waals surface area (Å²) in [4.78, 5) is 2.03. The van der Waals surface area contributed by atoms with E-state index in [0.717, 1.165) is 0 Å². The summed E-state index contributed by atoms with van der Waals surface area (Å²) < 4.78 is 5.14. The van der Waals surface area contributed by atoms with E-state index in [1.54, 1.807) is 0 Å². The molecule has 4 atom stereocenters. The molecule has 4 heteroatoms. The van der Waals surface area contributed by atoms with Crippen molar-refractivity contribution in [3.63, 3.8) is 0 Å². The Hall–Kier alpha value is -0.160. The van der Waals surface area contributed by atoms with E-state index in [-0.39, 0.29) is 6.10 Å². The Balaban J connectivity index is 2.07. The molecule has 2 aliphatic heterocycles. The zero-order valence-corrected chi connectivity index (χ0v) is 6.47. The Bertz CT molecular complexity index is 154. The molecular formula is C7H13NO3. The monoisotopic (exact) mass is 159 g/mol. The molecule has 4 nitrogen and oxygen atoms in total. The summed E-state index contributed by atoms with van der Waals surface area (Å²) in [6.45, 7) is 1.23. The van der Waals surface area contributed by atoms with Gasteiger partial charge in [0.1, 0.15) is 12.2 Å². The van der Waals surface area contributed by atoms with Crippen LogP contribution in [0.15, 0.2) is 0 Å². The first-order chi connectivity index (χ1) is 5.20. The Morgan fingerprint density at radius 2 is 2.18 bits per heavy atom. The molecule has 0 aromatic carbocycles. The molecule has 0 spiro atoms. The summed E-state index contributed by atoms with van der Waals surface area (Å²) in [5.74, 6) is 0. The van der Waals surface area contributed by atoms with Crippen molar-refractivity contribution in [2.24, 2.45) is 0 Å². The highest BCUT2D eigenvalue weighted by Gasteiger charge is 2.47. The van der Waals surface area contributed by atoms with Crippen LogP contribution in [0.2, 0.25) is 0 Å². The molecule has 0 bridgehead atoms. The smallest absolute Gasteiger partial charge is 0.109 e. The minimum Gasteiger partial charge on any atom is -0.389 e. The van der Waals surface area contributed by atoms with Crippen LogP contribution in [0.5, 0.6) is 0 Å². The first kappa shape index (κ1) is 7.49. The van der Waals surface area contributed by atoms with Crippen molar-refractivity contribution < 1.29 is 14.9 Å². The molecular weight excluding hydrogens is 146 g/mol. The number of piperidine rings is 1. The number of hydrogen-bond donors (Lipinski definition) is 2. The maximum absolute atomic E-state index is 9.38. The molecule has 2 aliphatic rings. The van der Waals surface area contributed by atoms with E-state index in [4.69, 9.17) is 4.74 Å². The fourth-order valence-corrected chi connectivity index (χ4v) is 1.76. The minimum atomic E-state index is -0.690. The van der Waals surface area contributed by atoms with Crippen molar-refractivity contribution in [1.29, 1.82) is 0 Å². The summed E-state index contributed by atoms with van der Waals surface area (Å²) in [6.07, 6.45) is -1.50. The van der Waals surface area contributed by atoms with Crippen molar-refractivity contribution in [1.82, 2.24) is 4.90 Å². The van der Waals surface area contributed by atoms with Gasteiger partial charge in [-0.2, -0.15) is 0 Å². The topological polar surface area (TPSA) is 52.9 Å². The van der Waals surface area contributed by atoms with Crippen molar-refractivity contribution in [3.8, 4) is 0 Å². The van der Waals surface area contributed by atoms with Crippen LogP contribution in [0.1, 0.15) is 0 Å². The number of nitrogens with zero attached hydrogens (tertiary/aromatic N) is 1.